The number of methoxy groups -OCH3 is 3. The van der Waals surface area contributed by atoms with E-state index in [1.807, 2.05) is 31.2 Å². The number of hydrogen-bond donors (Lipinski definition) is 1. The van der Waals surface area contributed by atoms with Gasteiger partial charge in [-0.05, 0) is 53.9 Å². The Bertz CT molecular complexity index is 1200. The van der Waals surface area contributed by atoms with Crippen LogP contribution in [0.1, 0.15) is 39.5 Å². The van der Waals surface area contributed by atoms with Gasteiger partial charge in [0, 0.05) is 18.3 Å². The molecule has 2 amide bonds. The zero-order valence-corrected chi connectivity index (χ0v) is 19.6. The van der Waals surface area contributed by atoms with E-state index < -0.39 is 6.04 Å². The number of nitrogens with zero attached hydrogens (tertiary/aromatic N) is 2. The van der Waals surface area contributed by atoms with Crippen LogP contribution in [0.25, 0.3) is 0 Å². The number of benzene rings is 2. The molecule has 1 aromatic heterocycles. The summed E-state index contributed by atoms with van der Waals surface area (Å²) in [5.41, 5.74) is 3.24. The summed E-state index contributed by atoms with van der Waals surface area (Å²) < 4.78 is 16.5. The van der Waals surface area contributed by atoms with E-state index in [9.17, 15) is 9.59 Å². The van der Waals surface area contributed by atoms with Gasteiger partial charge in [-0.25, -0.2) is 4.98 Å². The molecule has 0 fully saturated rings. The molecule has 0 saturated heterocycles. The van der Waals surface area contributed by atoms with E-state index in [1.165, 1.54) is 21.3 Å². The average Bonchev–Trinajstić information content (AvgIpc) is 3.17. The van der Waals surface area contributed by atoms with Crippen LogP contribution in [0.4, 0.5) is 5.82 Å². The molecule has 2 aromatic carbocycles. The van der Waals surface area contributed by atoms with Crippen LogP contribution in [0.2, 0.25) is 0 Å². The summed E-state index contributed by atoms with van der Waals surface area (Å²) in [6.07, 6.45) is 1.66. The second kappa shape index (κ2) is 9.82. The lowest BCUT2D eigenvalue weighted by atomic mass is 10.00. The fraction of sp³-hybridized carbons (Fsp3) is 0.269. The minimum absolute atomic E-state index is 0.0218. The van der Waals surface area contributed by atoms with Crippen molar-refractivity contribution in [3.05, 3.63) is 77.0 Å². The average molecular weight is 462 g/mol. The second-order valence-corrected chi connectivity index (χ2v) is 8.04. The van der Waals surface area contributed by atoms with Gasteiger partial charge in [-0.3, -0.25) is 9.59 Å². The van der Waals surface area contributed by atoms with Crippen LogP contribution in [-0.2, 0) is 11.3 Å². The van der Waals surface area contributed by atoms with Gasteiger partial charge in [-0.1, -0.05) is 18.2 Å². The van der Waals surface area contributed by atoms with Gasteiger partial charge >= 0.3 is 0 Å². The first-order valence-electron chi connectivity index (χ1n) is 10.9. The topological polar surface area (TPSA) is 90.0 Å². The summed E-state index contributed by atoms with van der Waals surface area (Å²) in [7, 11) is 4.59. The Balaban J connectivity index is 1.72. The van der Waals surface area contributed by atoms with Gasteiger partial charge in [0.2, 0.25) is 11.7 Å². The quantitative estimate of drug-likeness (QED) is 0.542. The number of fused-ring (bicyclic) bond motifs is 1. The number of ether oxygens (including phenoxy) is 3. The summed E-state index contributed by atoms with van der Waals surface area (Å²) in [5.74, 6) is 1.41. The van der Waals surface area contributed by atoms with Crippen LogP contribution in [0.5, 0.6) is 17.2 Å². The van der Waals surface area contributed by atoms with E-state index >= 15 is 0 Å². The van der Waals surface area contributed by atoms with Gasteiger partial charge < -0.3 is 24.4 Å². The zero-order chi connectivity index (χ0) is 24.2. The van der Waals surface area contributed by atoms with E-state index in [2.05, 4.69) is 10.3 Å². The van der Waals surface area contributed by atoms with Crippen LogP contribution in [0.3, 0.4) is 0 Å². The van der Waals surface area contributed by atoms with Crippen molar-refractivity contribution in [2.75, 3.05) is 26.6 Å². The van der Waals surface area contributed by atoms with Gasteiger partial charge in [-0.2, -0.15) is 0 Å². The van der Waals surface area contributed by atoms with E-state index in [1.54, 1.807) is 35.4 Å². The molecule has 0 aliphatic carbocycles. The Morgan fingerprint density at radius 1 is 1.06 bits per heavy atom. The maximum absolute atomic E-state index is 13.3. The second-order valence-electron chi connectivity index (χ2n) is 8.04. The molecule has 0 bridgehead atoms. The third kappa shape index (κ3) is 4.52. The molecular weight excluding hydrogens is 434 g/mol. The lowest BCUT2D eigenvalue weighted by Gasteiger charge is -2.29. The minimum atomic E-state index is -0.571. The van der Waals surface area contributed by atoms with Crippen molar-refractivity contribution >= 4 is 17.6 Å². The standard InChI is InChI=1S/C26H27N3O5/c1-16-9-10-27-23(11-16)28-24(30)14-20(29-15-17-7-5-6-8-19(17)26(29)31)18-12-21(32-2)25(34-4)22(13-18)33-3/h5-13,20H,14-15H2,1-4H3,(H,27,28,30)/t20-/m0/s1. The lowest BCUT2D eigenvalue weighted by molar-refractivity contribution is -0.117. The van der Waals surface area contributed by atoms with E-state index in [-0.39, 0.29) is 18.2 Å². The summed E-state index contributed by atoms with van der Waals surface area (Å²) in [5, 5.41) is 2.85. The number of amides is 2. The van der Waals surface area contributed by atoms with Gasteiger partial charge in [-0.15, -0.1) is 0 Å². The smallest absolute Gasteiger partial charge is 0.255 e. The predicted molar refractivity (Wildman–Crippen MR) is 127 cm³/mol. The normalized spacial score (nSPS) is 13.3. The molecule has 8 heteroatoms. The highest BCUT2D eigenvalue weighted by molar-refractivity contribution is 5.99. The van der Waals surface area contributed by atoms with Gasteiger partial charge in [0.1, 0.15) is 5.82 Å². The van der Waals surface area contributed by atoms with E-state index in [4.69, 9.17) is 14.2 Å². The summed E-state index contributed by atoms with van der Waals surface area (Å²) in [4.78, 5) is 32.3. The molecule has 1 aliphatic rings. The Morgan fingerprint density at radius 3 is 2.38 bits per heavy atom. The van der Waals surface area contributed by atoms with Crippen LogP contribution in [-0.4, -0.2) is 43.0 Å². The largest absolute Gasteiger partial charge is 0.493 e. The summed E-state index contributed by atoms with van der Waals surface area (Å²) in [6.45, 7) is 2.32. The number of rotatable bonds is 8. The molecule has 176 valence electrons. The number of aromatic nitrogens is 1. The lowest BCUT2D eigenvalue weighted by Crippen LogP contribution is -2.32. The zero-order valence-electron chi connectivity index (χ0n) is 19.6. The van der Waals surface area contributed by atoms with Crippen molar-refractivity contribution in [1.29, 1.82) is 0 Å². The number of pyridine rings is 1. The van der Waals surface area contributed by atoms with Crippen molar-refractivity contribution in [3.8, 4) is 17.2 Å². The van der Waals surface area contributed by atoms with Crippen molar-refractivity contribution in [2.24, 2.45) is 0 Å². The minimum Gasteiger partial charge on any atom is -0.493 e. The third-order valence-corrected chi connectivity index (χ3v) is 5.86. The fourth-order valence-corrected chi connectivity index (χ4v) is 4.20. The van der Waals surface area contributed by atoms with Gasteiger partial charge in [0.15, 0.2) is 11.5 Å². The molecule has 8 nitrogen and oxygen atoms in total. The van der Waals surface area contributed by atoms with Crippen molar-refractivity contribution in [1.82, 2.24) is 9.88 Å². The number of carbonyl (C=O) groups is 2. The number of nitrogens with one attached hydrogen (secondary N) is 1. The fourth-order valence-electron chi connectivity index (χ4n) is 4.20. The molecule has 3 aromatic rings. The highest BCUT2D eigenvalue weighted by Crippen LogP contribution is 2.43. The molecule has 0 spiro atoms. The van der Waals surface area contributed by atoms with Crippen LogP contribution >= 0.6 is 0 Å². The Kier molecular flexibility index (Phi) is 6.67. The van der Waals surface area contributed by atoms with Crippen LogP contribution in [0, 0.1) is 6.92 Å². The molecule has 1 aliphatic heterocycles. The first-order valence-corrected chi connectivity index (χ1v) is 10.9. The third-order valence-electron chi connectivity index (χ3n) is 5.86. The Labute approximate surface area is 198 Å². The number of carbonyl (C=O) groups excluding carboxylic acids is 2. The van der Waals surface area contributed by atoms with Gasteiger partial charge in [0.05, 0.1) is 33.8 Å². The molecule has 34 heavy (non-hydrogen) atoms. The molecule has 0 unspecified atom stereocenters. The monoisotopic (exact) mass is 461 g/mol. The highest BCUT2D eigenvalue weighted by Gasteiger charge is 2.35. The van der Waals surface area contributed by atoms with Crippen molar-refractivity contribution in [3.63, 3.8) is 0 Å². The molecule has 1 N–H and O–H groups in total. The van der Waals surface area contributed by atoms with Crippen molar-refractivity contribution < 1.29 is 23.8 Å². The van der Waals surface area contributed by atoms with Crippen LogP contribution < -0.4 is 19.5 Å². The molecule has 2 heterocycles. The van der Waals surface area contributed by atoms with Gasteiger partial charge in [0.25, 0.3) is 5.91 Å². The van der Waals surface area contributed by atoms with E-state index in [0.717, 1.165) is 11.1 Å². The van der Waals surface area contributed by atoms with Crippen LogP contribution in [0.15, 0.2) is 54.7 Å². The highest BCUT2D eigenvalue weighted by atomic mass is 16.5. The number of anilines is 1. The molecule has 0 radical (unpaired) electrons. The Morgan fingerprint density at radius 2 is 1.76 bits per heavy atom. The maximum atomic E-state index is 13.3. The first-order chi connectivity index (χ1) is 16.4. The number of aryl methyl sites for hydroxylation is 1. The summed E-state index contributed by atoms with van der Waals surface area (Å²) >= 11 is 0. The molecule has 1 atom stereocenters. The first kappa shape index (κ1) is 23.1. The molecular formula is C26H27N3O5. The SMILES string of the molecule is COc1cc([C@H](CC(=O)Nc2cc(C)ccn2)N2Cc3ccccc3C2=O)cc(OC)c1OC. The van der Waals surface area contributed by atoms with Crippen molar-refractivity contribution in [2.45, 2.75) is 25.9 Å². The molecule has 4 rings (SSSR count). The molecule has 0 saturated carbocycles. The number of hydrogen-bond acceptors (Lipinski definition) is 6. The summed E-state index contributed by atoms with van der Waals surface area (Å²) in [6, 6.07) is 14.1. The Hall–Kier alpha value is -4.07. The maximum Gasteiger partial charge on any atom is 0.255 e. The van der Waals surface area contributed by atoms with E-state index in [0.29, 0.717) is 40.7 Å². The predicted octanol–water partition coefficient (Wildman–Crippen LogP) is 4.14.